The van der Waals surface area contributed by atoms with Crippen molar-refractivity contribution in [3.63, 3.8) is 0 Å². The molecule has 3 nitrogen and oxygen atoms in total. The minimum Gasteiger partial charge on any atom is -0.479 e. The van der Waals surface area contributed by atoms with Gasteiger partial charge in [-0.2, -0.15) is 0 Å². The van der Waals surface area contributed by atoms with E-state index in [0.29, 0.717) is 12.2 Å². The molecule has 0 spiro atoms. The fourth-order valence-electron chi connectivity index (χ4n) is 0.604. The molecule has 0 aromatic rings. The molecule has 0 heterocycles. The van der Waals surface area contributed by atoms with Crippen molar-refractivity contribution in [2.45, 2.75) is 32.3 Å². The van der Waals surface area contributed by atoms with Crippen molar-refractivity contribution in [3.8, 4) is 0 Å². The van der Waals surface area contributed by atoms with Crippen LogP contribution in [-0.2, 0) is 4.79 Å². The van der Waals surface area contributed by atoms with Gasteiger partial charge in [0, 0.05) is 11.5 Å². The molecular weight excluding hydrogens is 208 g/mol. The van der Waals surface area contributed by atoms with Crippen molar-refractivity contribution in [2.24, 2.45) is 0 Å². The minimum atomic E-state index is -1.20. The van der Waals surface area contributed by atoms with E-state index in [4.69, 9.17) is 10.2 Å². The van der Waals surface area contributed by atoms with E-state index in [1.165, 1.54) is 12.8 Å². The molecule has 1 atom stereocenters. The van der Waals surface area contributed by atoms with Crippen LogP contribution in [0.15, 0.2) is 0 Å². The van der Waals surface area contributed by atoms with E-state index in [1.807, 2.05) is 0 Å². The zero-order chi connectivity index (χ0) is 10.1. The first-order valence-electron chi connectivity index (χ1n) is 4.33. The number of aliphatic hydroxyl groups is 1. The van der Waals surface area contributed by atoms with E-state index < -0.39 is 12.1 Å². The van der Waals surface area contributed by atoms with E-state index >= 15 is 0 Å². The summed E-state index contributed by atoms with van der Waals surface area (Å²) in [4.78, 5) is 10.2. The molecule has 0 amide bonds. The van der Waals surface area contributed by atoms with Gasteiger partial charge in [-0.15, -0.1) is 0 Å². The zero-order valence-corrected chi connectivity index (χ0v) is 9.37. The molecule has 5 heteroatoms. The summed E-state index contributed by atoms with van der Waals surface area (Å²) in [6.07, 6.45) is 1.52. The predicted octanol–water partition coefficient (Wildman–Crippen LogP) is 2.00. The third kappa shape index (κ3) is 8.46. The number of hydrogen-bond donors (Lipinski definition) is 2. The lowest BCUT2D eigenvalue weighted by molar-refractivity contribution is -0.146. The summed E-state index contributed by atoms with van der Waals surface area (Å²) in [5.41, 5.74) is 0. The van der Waals surface area contributed by atoms with Gasteiger partial charge in [0.25, 0.3) is 0 Å². The molecule has 0 saturated carbocycles. The van der Waals surface area contributed by atoms with Crippen LogP contribution in [0.4, 0.5) is 0 Å². The molecular formula is C8H16O3S2. The predicted molar refractivity (Wildman–Crippen MR) is 58.1 cm³/mol. The smallest absolute Gasteiger partial charge is 0.332 e. The van der Waals surface area contributed by atoms with E-state index in [-0.39, 0.29) is 0 Å². The Morgan fingerprint density at radius 2 is 2.00 bits per heavy atom. The Morgan fingerprint density at radius 1 is 1.38 bits per heavy atom. The molecule has 0 saturated heterocycles. The molecule has 0 aliphatic rings. The number of aliphatic hydroxyl groups excluding tert-OH is 1. The molecule has 0 aromatic carbocycles. The van der Waals surface area contributed by atoms with Gasteiger partial charge in [0.05, 0.1) is 0 Å². The summed E-state index contributed by atoms with van der Waals surface area (Å²) in [7, 11) is 3.38. The number of carbonyl (C=O) groups is 1. The van der Waals surface area contributed by atoms with Crippen LogP contribution in [0.1, 0.15) is 26.2 Å². The molecule has 2 N–H and O–H groups in total. The normalized spacial score (nSPS) is 12.8. The fraction of sp³-hybridized carbons (Fsp3) is 0.875. The summed E-state index contributed by atoms with van der Waals surface area (Å²) in [5.74, 6) is 0.672. The minimum absolute atomic E-state index is 0.332. The number of rotatable bonds is 8. The van der Waals surface area contributed by atoms with Gasteiger partial charge in [-0.25, -0.2) is 4.79 Å². The third-order valence-corrected chi connectivity index (χ3v) is 3.95. The second kappa shape index (κ2) is 8.72. The van der Waals surface area contributed by atoms with Crippen molar-refractivity contribution in [1.82, 2.24) is 0 Å². The van der Waals surface area contributed by atoms with Gasteiger partial charge in [0.1, 0.15) is 0 Å². The highest BCUT2D eigenvalue weighted by Crippen LogP contribution is 2.23. The highest BCUT2D eigenvalue weighted by atomic mass is 33.1. The number of carboxylic acids is 1. The lowest BCUT2D eigenvalue weighted by Gasteiger charge is -2.03. The maximum atomic E-state index is 10.2. The van der Waals surface area contributed by atoms with Gasteiger partial charge < -0.3 is 10.2 Å². The molecule has 0 aromatic heterocycles. The number of unbranched alkanes of at least 4 members (excludes halogenated alkanes) is 1. The Labute approximate surface area is 86.7 Å². The summed E-state index contributed by atoms with van der Waals surface area (Å²) >= 11 is 0. The van der Waals surface area contributed by atoms with Crippen LogP contribution in [-0.4, -0.2) is 33.8 Å². The van der Waals surface area contributed by atoms with Crippen molar-refractivity contribution in [2.75, 3.05) is 11.5 Å². The second-order valence-corrected chi connectivity index (χ2v) is 5.34. The Balaban J connectivity index is 3.11. The summed E-state index contributed by atoms with van der Waals surface area (Å²) < 4.78 is 0. The lowest BCUT2D eigenvalue weighted by Crippen LogP contribution is -2.19. The molecule has 0 aliphatic heterocycles. The average molecular weight is 224 g/mol. The van der Waals surface area contributed by atoms with Crippen LogP contribution in [0.3, 0.4) is 0 Å². The Bertz CT molecular complexity index is 141. The second-order valence-electron chi connectivity index (χ2n) is 2.64. The van der Waals surface area contributed by atoms with Gasteiger partial charge in [0.2, 0.25) is 0 Å². The first-order chi connectivity index (χ1) is 6.18. The maximum Gasteiger partial charge on any atom is 0.332 e. The third-order valence-electron chi connectivity index (χ3n) is 1.42. The van der Waals surface area contributed by atoms with E-state index in [2.05, 4.69) is 6.92 Å². The van der Waals surface area contributed by atoms with E-state index in [0.717, 1.165) is 5.75 Å². The molecule has 0 radical (unpaired) electrons. The van der Waals surface area contributed by atoms with Crippen molar-refractivity contribution in [1.29, 1.82) is 0 Å². The number of aliphatic carboxylic acids is 1. The molecule has 0 rings (SSSR count). The Hall–Kier alpha value is 0.130. The standard InChI is InChI=1S/C8H16O3S2/c1-2-3-5-12-13-6-4-7(9)8(10)11/h7,9H,2-6H2,1H3,(H,10,11). The Kier molecular flexibility index (Phi) is 8.80. The fourth-order valence-corrected chi connectivity index (χ4v) is 2.92. The van der Waals surface area contributed by atoms with Crippen molar-refractivity contribution < 1.29 is 15.0 Å². The molecule has 0 fully saturated rings. The zero-order valence-electron chi connectivity index (χ0n) is 7.73. The first-order valence-corrected chi connectivity index (χ1v) is 6.82. The van der Waals surface area contributed by atoms with Crippen LogP contribution in [0.25, 0.3) is 0 Å². The van der Waals surface area contributed by atoms with Crippen LogP contribution >= 0.6 is 21.6 Å². The van der Waals surface area contributed by atoms with Gasteiger partial charge in [-0.05, 0) is 12.8 Å². The van der Waals surface area contributed by atoms with E-state index in [9.17, 15) is 4.79 Å². The van der Waals surface area contributed by atoms with Crippen molar-refractivity contribution in [3.05, 3.63) is 0 Å². The van der Waals surface area contributed by atoms with Crippen LogP contribution < -0.4 is 0 Å². The van der Waals surface area contributed by atoms with Gasteiger partial charge in [-0.3, -0.25) is 0 Å². The SMILES string of the molecule is CCCCSSCCC(O)C(=O)O. The summed E-state index contributed by atoms with van der Waals surface area (Å²) in [6.45, 7) is 2.14. The average Bonchev–Trinajstić information content (AvgIpc) is 2.10. The largest absolute Gasteiger partial charge is 0.479 e. The molecule has 13 heavy (non-hydrogen) atoms. The molecule has 0 aliphatic carbocycles. The topological polar surface area (TPSA) is 57.5 Å². The number of hydrogen-bond acceptors (Lipinski definition) is 4. The number of carboxylic acid groups (broad SMARTS) is 1. The van der Waals surface area contributed by atoms with Crippen LogP contribution in [0, 0.1) is 0 Å². The molecule has 78 valence electrons. The highest BCUT2D eigenvalue weighted by Gasteiger charge is 2.11. The summed E-state index contributed by atoms with van der Waals surface area (Å²) in [6, 6.07) is 0. The molecule has 0 bridgehead atoms. The van der Waals surface area contributed by atoms with Gasteiger partial charge in [-0.1, -0.05) is 34.9 Å². The van der Waals surface area contributed by atoms with E-state index in [1.54, 1.807) is 21.6 Å². The van der Waals surface area contributed by atoms with Gasteiger partial charge in [0.15, 0.2) is 6.10 Å². The Morgan fingerprint density at radius 3 is 2.54 bits per heavy atom. The van der Waals surface area contributed by atoms with Crippen LogP contribution in [0.5, 0.6) is 0 Å². The summed E-state index contributed by atoms with van der Waals surface area (Å²) in [5, 5.41) is 17.3. The monoisotopic (exact) mass is 224 g/mol. The quantitative estimate of drug-likeness (QED) is 0.488. The molecule has 1 unspecified atom stereocenters. The maximum absolute atomic E-state index is 10.2. The van der Waals surface area contributed by atoms with Crippen molar-refractivity contribution >= 4 is 27.6 Å². The first kappa shape index (κ1) is 13.1. The van der Waals surface area contributed by atoms with Crippen LogP contribution in [0.2, 0.25) is 0 Å². The highest BCUT2D eigenvalue weighted by molar-refractivity contribution is 8.76. The van der Waals surface area contributed by atoms with Gasteiger partial charge >= 0.3 is 5.97 Å². The lowest BCUT2D eigenvalue weighted by atomic mass is 10.3.